The quantitative estimate of drug-likeness (QED) is 0.901. The average molecular weight is 267 g/mol. The van der Waals surface area contributed by atoms with Crippen LogP contribution in [0.15, 0.2) is 5.16 Å². The van der Waals surface area contributed by atoms with Crippen molar-refractivity contribution in [1.29, 1.82) is 0 Å². The van der Waals surface area contributed by atoms with Gasteiger partial charge in [0.1, 0.15) is 0 Å². The normalized spacial score (nSPS) is 32.7. The standard InChI is InChI=1S/C12H21N5S/c1-8-2-3-9(7-13)11(6-8)18-12-14-15-16-17(12)10-4-5-10/h8-11H,2-7,13H2,1H3. The van der Waals surface area contributed by atoms with Crippen molar-refractivity contribution < 1.29 is 0 Å². The van der Waals surface area contributed by atoms with Gasteiger partial charge in [-0.15, -0.1) is 5.10 Å². The number of hydrogen-bond acceptors (Lipinski definition) is 5. The first-order chi connectivity index (χ1) is 8.78. The largest absolute Gasteiger partial charge is 0.330 e. The lowest BCUT2D eigenvalue weighted by atomic mass is 9.82. The molecule has 0 aliphatic heterocycles. The minimum atomic E-state index is 0.555. The third kappa shape index (κ3) is 2.54. The Bertz CT molecular complexity index is 403. The molecule has 0 amide bonds. The van der Waals surface area contributed by atoms with Gasteiger partial charge in [-0.1, -0.05) is 25.1 Å². The highest BCUT2D eigenvalue weighted by atomic mass is 32.2. The number of nitrogens with zero attached hydrogens (tertiary/aromatic N) is 4. The molecule has 2 aliphatic rings. The van der Waals surface area contributed by atoms with Gasteiger partial charge >= 0.3 is 0 Å². The Morgan fingerprint density at radius 1 is 1.33 bits per heavy atom. The van der Waals surface area contributed by atoms with Crippen LogP contribution in [0, 0.1) is 11.8 Å². The summed E-state index contributed by atoms with van der Waals surface area (Å²) in [5, 5.41) is 13.7. The second kappa shape index (κ2) is 5.17. The van der Waals surface area contributed by atoms with Crippen molar-refractivity contribution in [2.24, 2.45) is 17.6 Å². The summed E-state index contributed by atoms with van der Waals surface area (Å²) in [7, 11) is 0. The van der Waals surface area contributed by atoms with Gasteiger partial charge in [0.25, 0.3) is 0 Å². The number of tetrazole rings is 1. The number of hydrogen-bond donors (Lipinski definition) is 1. The van der Waals surface area contributed by atoms with Gasteiger partial charge in [-0.05, 0) is 54.5 Å². The highest BCUT2D eigenvalue weighted by molar-refractivity contribution is 7.99. The molecule has 0 spiro atoms. The van der Waals surface area contributed by atoms with Gasteiger partial charge in [0.05, 0.1) is 6.04 Å². The highest BCUT2D eigenvalue weighted by Gasteiger charge is 2.33. The highest BCUT2D eigenvalue weighted by Crippen LogP contribution is 2.41. The van der Waals surface area contributed by atoms with Crippen molar-refractivity contribution >= 4 is 11.8 Å². The van der Waals surface area contributed by atoms with Crippen LogP contribution >= 0.6 is 11.8 Å². The molecule has 3 unspecified atom stereocenters. The molecule has 0 aromatic carbocycles. The van der Waals surface area contributed by atoms with Crippen LogP contribution in [0.4, 0.5) is 0 Å². The van der Waals surface area contributed by atoms with Crippen LogP contribution in [0.5, 0.6) is 0 Å². The van der Waals surface area contributed by atoms with Crippen molar-refractivity contribution in [3.05, 3.63) is 0 Å². The molecule has 5 nitrogen and oxygen atoms in total. The second-order valence-electron chi connectivity index (χ2n) is 5.71. The first kappa shape index (κ1) is 12.4. The zero-order valence-corrected chi connectivity index (χ0v) is 11.6. The summed E-state index contributed by atoms with van der Waals surface area (Å²) < 4.78 is 2.01. The van der Waals surface area contributed by atoms with E-state index in [1.165, 1.54) is 32.1 Å². The Kier molecular flexibility index (Phi) is 3.56. The average Bonchev–Trinajstić information content (AvgIpc) is 3.11. The summed E-state index contributed by atoms with van der Waals surface area (Å²) in [6, 6.07) is 0.555. The molecule has 1 aromatic rings. The van der Waals surface area contributed by atoms with Crippen molar-refractivity contribution in [2.75, 3.05) is 6.54 Å². The smallest absolute Gasteiger partial charge is 0.209 e. The minimum absolute atomic E-state index is 0.555. The maximum absolute atomic E-state index is 5.91. The van der Waals surface area contributed by atoms with Gasteiger partial charge in [-0.25, -0.2) is 4.68 Å². The molecule has 2 N–H and O–H groups in total. The maximum Gasteiger partial charge on any atom is 0.209 e. The summed E-state index contributed by atoms with van der Waals surface area (Å²) in [5.74, 6) is 1.42. The Labute approximate surface area is 112 Å². The van der Waals surface area contributed by atoms with E-state index < -0.39 is 0 Å². The second-order valence-corrected chi connectivity index (χ2v) is 6.91. The van der Waals surface area contributed by atoms with E-state index >= 15 is 0 Å². The lowest BCUT2D eigenvalue weighted by Gasteiger charge is -2.33. The number of rotatable bonds is 4. The van der Waals surface area contributed by atoms with E-state index in [9.17, 15) is 0 Å². The van der Waals surface area contributed by atoms with Crippen LogP contribution in [0.1, 0.15) is 45.1 Å². The molecule has 2 aliphatic carbocycles. The molecule has 0 radical (unpaired) electrons. The van der Waals surface area contributed by atoms with Crippen molar-refractivity contribution in [1.82, 2.24) is 20.2 Å². The van der Waals surface area contributed by atoms with Crippen molar-refractivity contribution in [3.8, 4) is 0 Å². The van der Waals surface area contributed by atoms with Crippen LogP contribution in [-0.2, 0) is 0 Å². The zero-order chi connectivity index (χ0) is 12.5. The Morgan fingerprint density at radius 2 is 2.17 bits per heavy atom. The number of thioether (sulfide) groups is 1. The molecule has 18 heavy (non-hydrogen) atoms. The van der Waals surface area contributed by atoms with Crippen LogP contribution in [0.3, 0.4) is 0 Å². The van der Waals surface area contributed by atoms with Gasteiger partial charge in [-0.2, -0.15) is 0 Å². The summed E-state index contributed by atoms with van der Waals surface area (Å²) in [5.41, 5.74) is 5.91. The van der Waals surface area contributed by atoms with Crippen molar-refractivity contribution in [2.45, 2.75) is 55.5 Å². The number of aromatic nitrogens is 4. The predicted molar refractivity (Wildman–Crippen MR) is 71.3 cm³/mol. The molecule has 1 aromatic heterocycles. The molecule has 3 rings (SSSR count). The van der Waals surface area contributed by atoms with E-state index in [0.717, 1.165) is 17.6 Å². The third-order valence-electron chi connectivity index (χ3n) is 4.11. The van der Waals surface area contributed by atoms with Crippen LogP contribution in [0.25, 0.3) is 0 Å². The molecule has 6 heteroatoms. The first-order valence-corrected chi connectivity index (χ1v) is 7.80. The topological polar surface area (TPSA) is 69.6 Å². The molecular formula is C12H21N5S. The lowest BCUT2D eigenvalue weighted by molar-refractivity contribution is 0.305. The molecule has 100 valence electrons. The summed E-state index contributed by atoms with van der Waals surface area (Å²) in [4.78, 5) is 0. The van der Waals surface area contributed by atoms with Gasteiger partial charge in [0.2, 0.25) is 5.16 Å². The van der Waals surface area contributed by atoms with E-state index in [4.69, 9.17) is 5.73 Å². The molecular weight excluding hydrogens is 246 g/mol. The molecule has 0 saturated heterocycles. The Balaban J connectivity index is 1.71. The van der Waals surface area contributed by atoms with E-state index in [1.807, 2.05) is 16.4 Å². The van der Waals surface area contributed by atoms with Crippen LogP contribution in [-0.4, -0.2) is 32.0 Å². The van der Waals surface area contributed by atoms with E-state index in [0.29, 0.717) is 17.2 Å². The molecule has 2 saturated carbocycles. The van der Waals surface area contributed by atoms with E-state index in [1.54, 1.807) is 0 Å². The lowest BCUT2D eigenvalue weighted by Crippen LogP contribution is -2.32. The van der Waals surface area contributed by atoms with Gasteiger partial charge in [-0.3, -0.25) is 0 Å². The molecule has 3 atom stereocenters. The fourth-order valence-electron chi connectivity index (χ4n) is 2.75. The Hall–Kier alpha value is -0.620. The van der Waals surface area contributed by atoms with Crippen molar-refractivity contribution in [3.63, 3.8) is 0 Å². The predicted octanol–water partition coefficient (Wildman–Crippen LogP) is 1.86. The first-order valence-electron chi connectivity index (χ1n) is 6.92. The molecule has 0 bridgehead atoms. The van der Waals surface area contributed by atoms with Gasteiger partial charge in [0.15, 0.2) is 0 Å². The molecule has 2 fully saturated rings. The third-order valence-corrected chi connectivity index (χ3v) is 5.47. The summed E-state index contributed by atoms with van der Waals surface area (Å²) >= 11 is 1.85. The monoisotopic (exact) mass is 267 g/mol. The van der Waals surface area contributed by atoms with Crippen LogP contribution < -0.4 is 5.73 Å². The summed E-state index contributed by atoms with van der Waals surface area (Å²) in [6.45, 7) is 3.12. The SMILES string of the molecule is CC1CCC(CN)C(Sc2nnnn2C2CC2)C1. The summed E-state index contributed by atoms with van der Waals surface area (Å²) in [6.07, 6.45) is 6.25. The molecule has 1 heterocycles. The fourth-order valence-corrected chi connectivity index (χ4v) is 4.26. The minimum Gasteiger partial charge on any atom is -0.330 e. The Morgan fingerprint density at radius 3 is 2.89 bits per heavy atom. The van der Waals surface area contributed by atoms with Gasteiger partial charge in [0, 0.05) is 5.25 Å². The maximum atomic E-state index is 5.91. The zero-order valence-electron chi connectivity index (χ0n) is 10.8. The van der Waals surface area contributed by atoms with Crippen LogP contribution in [0.2, 0.25) is 0 Å². The van der Waals surface area contributed by atoms with E-state index in [-0.39, 0.29) is 0 Å². The van der Waals surface area contributed by atoms with E-state index in [2.05, 4.69) is 22.4 Å². The number of nitrogens with two attached hydrogens (primary N) is 1. The van der Waals surface area contributed by atoms with Gasteiger partial charge < -0.3 is 5.73 Å². The fraction of sp³-hybridized carbons (Fsp3) is 0.917.